The van der Waals surface area contributed by atoms with Gasteiger partial charge in [-0.3, -0.25) is 0 Å². The summed E-state index contributed by atoms with van der Waals surface area (Å²) < 4.78 is 0. The Morgan fingerprint density at radius 1 is 1.31 bits per heavy atom. The standard InChI is InChI=1S/C11H20N2/c1-11(2)9-6-13(7-10(9)11)5-8-3-4-12-8/h8-10,12H,3-7H2,1-2H3. The Labute approximate surface area is 80.7 Å². The molecule has 1 N–H and O–H groups in total. The topological polar surface area (TPSA) is 15.3 Å². The lowest BCUT2D eigenvalue weighted by molar-refractivity contribution is 0.203. The van der Waals surface area contributed by atoms with Gasteiger partial charge >= 0.3 is 0 Å². The molecule has 2 aliphatic heterocycles. The van der Waals surface area contributed by atoms with Crippen molar-refractivity contribution in [2.24, 2.45) is 17.3 Å². The Morgan fingerprint density at radius 2 is 1.92 bits per heavy atom. The minimum atomic E-state index is 0.684. The van der Waals surface area contributed by atoms with E-state index in [0.717, 1.165) is 17.9 Å². The van der Waals surface area contributed by atoms with Gasteiger partial charge in [-0.15, -0.1) is 0 Å². The molecule has 74 valence electrons. The molecule has 3 fully saturated rings. The Balaban J connectivity index is 1.50. The first-order valence-corrected chi connectivity index (χ1v) is 5.63. The lowest BCUT2D eigenvalue weighted by Crippen LogP contribution is -2.50. The maximum Gasteiger partial charge on any atom is 0.0207 e. The zero-order chi connectivity index (χ0) is 9.05. The molecule has 0 spiro atoms. The highest BCUT2D eigenvalue weighted by atomic mass is 15.2. The van der Waals surface area contributed by atoms with Crippen LogP contribution in [0.3, 0.4) is 0 Å². The molecule has 0 aromatic heterocycles. The molecule has 1 saturated carbocycles. The summed E-state index contributed by atoms with van der Waals surface area (Å²) in [6.07, 6.45) is 1.40. The molecule has 13 heavy (non-hydrogen) atoms. The van der Waals surface area contributed by atoms with Gasteiger partial charge < -0.3 is 10.2 Å². The summed E-state index contributed by atoms with van der Waals surface area (Å²) in [5.41, 5.74) is 0.684. The monoisotopic (exact) mass is 180 g/mol. The van der Waals surface area contributed by atoms with Crippen molar-refractivity contribution in [3.8, 4) is 0 Å². The predicted molar refractivity (Wildman–Crippen MR) is 53.6 cm³/mol. The highest BCUT2D eigenvalue weighted by molar-refractivity contribution is 5.11. The van der Waals surface area contributed by atoms with E-state index >= 15 is 0 Å². The molecular formula is C11H20N2. The van der Waals surface area contributed by atoms with Gasteiger partial charge in [0.25, 0.3) is 0 Å². The zero-order valence-electron chi connectivity index (χ0n) is 8.71. The van der Waals surface area contributed by atoms with Crippen LogP contribution in [0.1, 0.15) is 20.3 Å². The maximum absolute atomic E-state index is 3.48. The number of nitrogens with one attached hydrogen (secondary N) is 1. The fourth-order valence-electron chi connectivity index (χ4n) is 3.18. The van der Waals surface area contributed by atoms with Crippen LogP contribution in [0.2, 0.25) is 0 Å². The first-order chi connectivity index (χ1) is 6.18. The average molecular weight is 180 g/mol. The van der Waals surface area contributed by atoms with Crippen LogP contribution >= 0.6 is 0 Å². The van der Waals surface area contributed by atoms with Crippen molar-refractivity contribution in [1.29, 1.82) is 0 Å². The van der Waals surface area contributed by atoms with E-state index in [1.807, 2.05) is 0 Å². The van der Waals surface area contributed by atoms with Gasteiger partial charge in [0.05, 0.1) is 0 Å². The second kappa shape index (κ2) is 2.48. The van der Waals surface area contributed by atoms with Gasteiger partial charge in [-0.1, -0.05) is 13.8 Å². The van der Waals surface area contributed by atoms with E-state index in [0.29, 0.717) is 5.41 Å². The van der Waals surface area contributed by atoms with E-state index in [1.165, 1.54) is 32.6 Å². The van der Waals surface area contributed by atoms with E-state index in [-0.39, 0.29) is 0 Å². The number of nitrogens with zero attached hydrogens (tertiary/aromatic N) is 1. The highest BCUT2D eigenvalue weighted by Crippen LogP contribution is 2.61. The van der Waals surface area contributed by atoms with E-state index < -0.39 is 0 Å². The molecule has 0 amide bonds. The van der Waals surface area contributed by atoms with Crippen molar-refractivity contribution in [3.05, 3.63) is 0 Å². The molecule has 2 saturated heterocycles. The smallest absolute Gasteiger partial charge is 0.0207 e. The van der Waals surface area contributed by atoms with Crippen LogP contribution in [0.4, 0.5) is 0 Å². The number of hydrogen-bond acceptors (Lipinski definition) is 2. The van der Waals surface area contributed by atoms with Crippen LogP contribution in [0.25, 0.3) is 0 Å². The maximum atomic E-state index is 3.48. The quantitative estimate of drug-likeness (QED) is 0.680. The number of piperidine rings is 1. The predicted octanol–water partition coefficient (Wildman–Crippen LogP) is 0.936. The summed E-state index contributed by atoms with van der Waals surface area (Å²) in [5.74, 6) is 2.04. The van der Waals surface area contributed by atoms with Crippen molar-refractivity contribution in [2.45, 2.75) is 26.3 Å². The molecule has 0 aromatic rings. The largest absolute Gasteiger partial charge is 0.313 e. The third-order valence-electron chi connectivity index (χ3n) is 4.60. The van der Waals surface area contributed by atoms with Gasteiger partial charge in [0.1, 0.15) is 0 Å². The average Bonchev–Trinajstić information content (AvgIpc) is 2.49. The van der Waals surface area contributed by atoms with Crippen molar-refractivity contribution >= 4 is 0 Å². The van der Waals surface area contributed by atoms with Crippen LogP contribution in [0, 0.1) is 17.3 Å². The second-order valence-electron chi connectivity index (χ2n) is 5.69. The molecule has 0 radical (unpaired) electrons. The molecule has 3 unspecified atom stereocenters. The van der Waals surface area contributed by atoms with E-state index in [9.17, 15) is 0 Å². The molecule has 3 aliphatic rings. The first kappa shape index (κ1) is 8.25. The summed E-state index contributed by atoms with van der Waals surface area (Å²) >= 11 is 0. The summed E-state index contributed by atoms with van der Waals surface area (Å²) in [4.78, 5) is 2.66. The Hall–Kier alpha value is -0.0800. The van der Waals surface area contributed by atoms with Crippen molar-refractivity contribution in [1.82, 2.24) is 10.2 Å². The Morgan fingerprint density at radius 3 is 2.38 bits per heavy atom. The van der Waals surface area contributed by atoms with E-state index in [4.69, 9.17) is 0 Å². The highest BCUT2D eigenvalue weighted by Gasteiger charge is 2.61. The van der Waals surface area contributed by atoms with Gasteiger partial charge in [0, 0.05) is 25.7 Å². The van der Waals surface area contributed by atoms with E-state index in [2.05, 4.69) is 24.1 Å². The van der Waals surface area contributed by atoms with Crippen LogP contribution in [0.5, 0.6) is 0 Å². The normalized spacial score (nSPS) is 47.1. The zero-order valence-corrected chi connectivity index (χ0v) is 8.71. The molecule has 0 aromatic carbocycles. The van der Waals surface area contributed by atoms with Crippen molar-refractivity contribution in [3.63, 3.8) is 0 Å². The van der Waals surface area contributed by atoms with Crippen molar-refractivity contribution in [2.75, 3.05) is 26.2 Å². The van der Waals surface area contributed by atoms with Crippen LogP contribution in [0.15, 0.2) is 0 Å². The minimum absolute atomic E-state index is 0.684. The number of fused-ring (bicyclic) bond motifs is 1. The Bertz CT molecular complexity index is 206. The summed E-state index contributed by atoms with van der Waals surface area (Å²) in [6.45, 7) is 10.2. The van der Waals surface area contributed by atoms with Gasteiger partial charge in [0.2, 0.25) is 0 Å². The molecule has 0 bridgehead atoms. The Kier molecular flexibility index (Phi) is 1.58. The fraction of sp³-hybridized carbons (Fsp3) is 1.00. The van der Waals surface area contributed by atoms with Crippen LogP contribution in [-0.4, -0.2) is 37.1 Å². The van der Waals surface area contributed by atoms with Crippen LogP contribution in [-0.2, 0) is 0 Å². The third kappa shape index (κ3) is 1.15. The fourth-order valence-corrected chi connectivity index (χ4v) is 3.18. The van der Waals surface area contributed by atoms with Crippen LogP contribution < -0.4 is 5.32 Å². The molecule has 1 aliphatic carbocycles. The number of hydrogen-bond donors (Lipinski definition) is 1. The molecule has 2 nitrogen and oxygen atoms in total. The van der Waals surface area contributed by atoms with Gasteiger partial charge in [-0.2, -0.15) is 0 Å². The molecule has 2 heterocycles. The molecule has 3 rings (SSSR count). The lowest BCUT2D eigenvalue weighted by atomic mass is 10.0. The third-order valence-corrected chi connectivity index (χ3v) is 4.60. The lowest BCUT2D eigenvalue weighted by Gasteiger charge is -2.33. The summed E-state index contributed by atoms with van der Waals surface area (Å²) in [5, 5.41) is 3.48. The first-order valence-electron chi connectivity index (χ1n) is 5.63. The molecule has 2 heteroatoms. The molecule has 3 atom stereocenters. The summed E-state index contributed by atoms with van der Waals surface area (Å²) in [7, 11) is 0. The van der Waals surface area contributed by atoms with E-state index in [1.54, 1.807) is 0 Å². The minimum Gasteiger partial charge on any atom is -0.313 e. The van der Waals surface area contributed by atoms with Gasteiger partial charge in [-0.05, 0) is 30.2 Å². The molecular weight excluding hydrogens is 160 g/mol. The van der Waals surface area contributed by atoms with Gasteiger partial charge in [-0.25, -0.2) is 0 Å². The summed E-state index contributed by atoms with van der Waals surface area (Å²) in [6, 6.07) is 0.820. The second-order valence-corrected chi connectivity index (χ2v) is 5.69. The van der Waals surface area contributed by atoms with Crippen molar-refractivity contribution < 1.29 is 0 Å². The number of likely N-dealkylation sites (tertiary alicyclic amines) is 1. The SMILES string of the molecule is CC1(C)C2CN(CC3CCN3)CC21. The number of rotatable bonds is 2. The van der Waals surface area contributed by atoms with Gasteiger partial charge in [0.15, 0.2) is 0 Å².